The molecular formula is C13H24N2O4. The van der Waals surface area contributed by atoms with Crippen molar-refractivity contribution < 1.29 is 19.5 Å². The molecule has 0 saturated heterocycles. The maximum atomic E-state index is 11.9. The normalized spacial score (nSPS) is 10.3. The molecule has 0 bridgehead atoms. The Morgan fingerprint density at radius 1 is 1.21 bits per heavy atom. The quantitative estimate of drug-likeness (QED) is 0.609. The van der Waals surface area contributed by atoms with Crippen molar-refractivity contribution in [3.05, 3.63) is 0 Å². The van der Waals surface area contributed by atoms with Crippen LogP contribution in [0.3, 0.4) is 0 Å². The van der Waals surface area contributed by atoms with E-state index in [4.69, 9.17) is 5.11 Å². The van der Waals surface area contributed by atoms with Gasteiger partial charge in [0.25, 0.3) is 0 Å². The number of carbonyl (C=O) groups excluding carboxylic acids is 2. The summed E-state index contributed by atoms with van der Waals surface area (Å²) in [6.45, 7) is 6.52. The minimum absolute atomic E-state index is 0.0286. The SMILES string of the molecule is CC(=O)NCCCN(CCC(=O)O)C(=O)CC(C)C. The van der Waals surface area contributed by atoms with Crippen LogP contribution in [-0.2, 0) is 14.4 Å². The second-order valence-corrected chi connectivity index (χ2v) is 4.96. The molecule has 2 amide bonds. The number of carboxylic acid groups (broad SMARTS) is 1. The van der Waals surface area contributed by atoms with Gasteiger partial charge in [-0.2, -0.15) is 0 Å². The van der Waals surface area contributed by atoms with E-state index in [-0.39, 0.29) is 30.7 Å². The van der Waals surface area contributed by atoms with Gasteiger partial charge in [-0.15, -0.1) is 0 Å². The lowest BCUT2D eigenvalue weighted by Gasteiger charge is -2.23. The van der Waals surface area contributed by atoms with Crippen molar-refractivity contribution in [2.24, 2.45) is 5.92 Å². The van der Waals surface area contributed by atoms with E-state index in [2.05, 4.69) is 5.32 Å². The maximum Gasteiger partial charge on any atom is 0.305 e. The standard InChI is InChI=1S/C13H24N2O4/c1-10(2)9-12(17)15(8-5-13(18)19)7-4-6-14-11(3)16/h10H,4-9H2,1-3H3,(H,14,16)(H,18,19). The summed E-state index contributed by atoms with van der Waals surface area (Å²) in [5, 5.41) is 11.3. The summed E-state index contributed by atoms with van der Waals surface area (Å²) in [5.41, 5.74) is 0. The molecule has 2 N–H and O–H groups in total. The maximum absolute atomic E-state index is 11.9. The molecule has 0 unspecified atom stereocenters. The Kier molecular flexibility index (Phi) is 8.57. The summed E-state index contributed by atoms with van der Waals surface area (Å²) in [4.78, 5) is 34.8. The number of rotatable bonds is 9. The number of carbonyl (C=O) groups is 3. The van der Waals surface area contributed by atoms with Crippen LogP contribution in [0.2, 0.25) is 0 Å². The Morgan fingerprint density at radius 3 is 2.32 bits per heavy atom. The van der Waals surface area contributed by atoms with Crippen molar-refractivity contribution >= 4 is 17.8 Å². The molecule has 0 fully saturated rings. The van der Waals surface area contributed by atoms with Crippen LogP contribution in [-0.4, -0.2) is 47.4 Å². The number of amides is 2. The lowest BCUT2D eigenvalue weighted by molar-refractivity contribution is -0.138. The van der Waals surface area contributed by atoms with Crippen LogP contribution in [0.5, 0.6) is 0 Å². The minimum atomic E-state index is -0.913. The zero-order valence-electron chi connectivity index (χ0n) is 11.9. The molecular weight excluding hydrogens is 248 g/mol. The Hall–Kier alpha value is -1.59. The average molecular weight is 272 g/mol. The Morgan fingerprint density at radius 2 is 1.84 bits per heavy atom. The van der Waals surface area contributed by atoms with Crippen molar-refractivity contribution in [1.29, 1.82) is 0 Å². The van der Waals surface area contributed by atoms with E-state index in [1.165, 1.54) is 6.92 Å². The van der Waals surface area contributed by atoms with E-state index in [1.807, 2.05) is 13.8 Å². The molecule has 0 radical (unpaired) electrons. The van der Waals surface area contributed by atoms with Crippen LogP contribution in [0.4, 0.5) is 0 Å². The first kappa shape index (κ1) is 17.4. The fourth-order valence-electron chi connectivity index (χ4n) is 1.60. The third-order valence-electron chi connectivity index (χ3n) is 2.51. The second kappa shape index (κ2) is 9.35. The molecule has 6 nitrogen and oxygen atoms in total. The molecule has 0 aliphatic rings. The summed E-state index contributed by atoms with van der Waals surface area (Å²) in [6, 6.07) is 0. The van der Waals surface area contributed by atoms with E-state index in [1.54, 1.807) is 4.90 Å². The van der Waals surface area contributed by atoms with E-state index < -0.39 is 5.97 Å². The molecule has 0 spiro atoms. The molecule has 0 aromatic heterocycles. The molecule has 19 heavy (non-hydrogen) atoms. The summed E-state index contributed by atoms with van der Waals surface area (Å²) in [6.07, 6.45) is 0.993. The first-order valence-electron chi connectivity index (χ1n) is 6.57. The average Bonchev–Trinajstić information content (AvgIpc) is 2.26. The summed E-state index contributed by atoms with van der Waals surface area (Å²) in [7, 11) is 0. The van der Waals surface area contributed by atoms with Crippen molar-refractivity contribution in [1.82, 2.24) is 10.2 Å². The van der Waals surface area contributed by atoms with Crippen molar-refractivity contribution in [2.75, 3.05) is 19.6 Å². The summed E-state index contributed by atoms with van der Waals surface area (Å²) in [5.74, 6) is -0.802. The van der Waals surface area contributed by atoms with Gasteiger partial charge in [0.15, 0.2) is 0 Å². The molecule has 110 valence electrons. The molecule has 0 aliphatic carbocycles. The van der Waals surface area contributed by atoms with Crippen LogP contribution < -0.4 is 5.32 Å². The highest BCUT2D eigenvalue weighted by Gasteiger charge is 2.15. The van der Waals surface area contributed by atoms with Crippen molar-refractivity contribution in [2.45, 2.75) is 40.0 Å². The predicted molar refractivity (Wildman–Crippen MR) is 71.6 cm³/mol. The molecule has 0 rings (SSSR count). The number of aliphatic carboxylic acids is 1. The van der Waals surface area contributed by atoms with Gasteiger partial charge in [-0.05, 0) is 12.3 Å². The first-order chi connectivity index (χ1) is 8.82. The van der Waals surface area contributed by atoms with Gasteiger partial charge in [0, 0.05) is 33.0 Å². The number of carboxylic acids is 1. The zero-order valence-corrected chi connectivity index (χ0v) is 11.9. The monoisotopic (exact) mass is 272 g/mol. The Balaban J connectivity index is 4.20. The largest absolute Gasteiger partial charge is 0.481 e. The van der Waals surface area contributed by atoms with Crippen LogP contribution in [0.25, 0.3) is 0 Å². The molecule has 0 aliphatic heterocycles. The van der Waals surface area contributed by atoms with Crippen LogP contribution in [0.15, 0.2) is 0 Å². The number of nitrogens with one attached hydrogen (secondary N) is 1. The van der Waals surface area contributed by atoms with E-state index in [0.717, 1.165) is 0 Å². The molecule has 0 atom stereocenters. The topological polar surface area (TPSA) is 86.7 Å². The van der Waals surface area contributed by atoms with Gasteiger partial charge >= 0.3 is 5.97 Å². The minimum Gasteiger partial charge on any atom is -0.481 e. The van der Waals surface area contributed by atoms with Crippen LogP contribution in [0, 0.1) is 5.92 Å². The van der Waals surface area contributed by atoms with Crippen LogP contribution >= 0.6 is 0 Å². The van der Waals surface area contributed by atoms with Gasteiger partial charge in [0.05, 0.1) is 6.42 Å². The lowest BCUT2D eigenvalue weighted by Crippen LogP contribution is -2.36. The van der Waals surface area contributed by atoms with Crippen LogP contribution in [0.1, 0.15) is 40.0 Å². The third kappa shape index (κ3) is 10.1. The second-order valence-electron chi connectivity index (χ2n) is 4.96. The Bertz CT molecular complexity index is 316. The fourth-order valence-corrected chi connectivity index (χ4v) is 1.60. The van der Waals surface area contributed by atoms with E-state index in [0.29, 0.717) is 25.9 Å². The predicted octanol–water partition coefficient (Wildman–Crippen LogP) is 0.862. The number of hydrogen-bond donors (Lipinski definition) is 2. The van der Waals surface area contributed by atoms with E-state index in [9.17, 15) is 14.4 Å². The van der Waals surface area contributed by atoms with E-state index >= 15 is 0 Å². The Labute approximate surface area is 114 Å². The van der Waals surface area contributed by atoms with Gasteiger partial charge < -0.3 is 15.3 Å². The van der Waals surface area contributed by atoms with Gasteiger partial charge in [0.2, 0.25) is 11.8 Å². The molecule has 0 saturated carbocycles. The number of hydrogen-bond acceptors (Lipinski definition) is 3. The van der Waals surface area contributed by atoms with Gasteiger partial charge in [-0.3, -0.25) is 14.4 Å². The zero-order chi connectivity index (χ0) is 14.8. The van der Waals surface area contributed by atoms with Crippen molar-refractivity contribution in [3.8, 4) is 0 Å². The first-order valence-corrected chi connectivity index (χ1v) is 6.57. The van der Waals surface area contributed by atoms with Gasteiger partial charge in [-0.25, -0.2) is 0 Å². The third-order valence-corrected chi connectivity index (χ3v) is 2.51. The molecule has 0 heterocycles. The highest BCUT2D eigenvalue weighted by molar-refractivity contribution is 5.77. The summed E-state index contributed by atoms with van der Waals surface area (Å²) < 4.78 is 0. The lowest BCUT2D eigenvalue weighted by atomic mass is 10.1. The smallest absolute Gasteiger partial charge is 0.305 e. The highest BCUT2D eigenvalue weighted by atomic mass is 16.4. The number of nitrogens with zero attached hydrogens (tertiary/aromatic N) is 1. The fraction of sp³-hybridized carbons (Fsp3) is 0.769. The van der Waals surface area contributed by atoms with Gasteiger partial charge in [-0.1, -0.05) is 13.8 Å². The molecule has 0 aromatic rings. The highest BCUT2D eigenvalue weighted by Crippen LogP contribution is 2.05. The molecule has 0 aromatic carbocycles. The van der Waals surface area contributed by atoms with Gasteiger partial charge in [0.1, 0.15) is 0 Å². The molecule has 6 heteroatoms. The van der Waals surface area contributed by atoms with Crippen molar-refractivity contribution in [3.63, 3.8) is 0 Å². The summed E-state index contributed by atoms with van der Waals surface area (Å²) >= 11 is 0.